The summed E-state index contributed by atoms with van der Waals surface area (Å²) in [5, 5.41) is 3.31. The molecule has 0 aliphatic carbocycles. The van der Waals surface area contributed by atoms with Gasteiger partial charge in [-0.3, -0.25) is 4.90 Å². The largest absolute Gasteiger partial charge is 0.354 e. The van der Waals surface area contributed by atoms with Crippen molar-refractivity contribution < 1.29 is 0 Å². The average Bonchev–Trinajstić information content (AvgIpc) is 2.72. The smallest absolute Gasteiger partial charge is 0.200 e. The van der Waals surface area contributed by atoms with E-state index in [1.165, 1.54) is 0 Å². The molecule has 0 spiro atoms. The van der Waals surface area contributed by atoms with Gasteiger partial charge in [-0.25, -0.2) is 4.98 Å². The number of aromatic nitrogens is 2. The zero-order valence-electron chi connectivity index (χ0n) is 9.40. The van der Waals surface area contributed by atoms with E-state index in [0.29, 0.717) is 6.04 Å². The second-order valence-electron chi connectivity index (χ2n) is 4.22. The zero-order chi connectivity index (χ0) is 10.7. The van der Waals surface area contributed by atoms with Crippen LogP contribution in [0.1, 0.15) is 0 Å². The van der Waals surface area contributed by atoms with Gasteiger partial charge in [-0.1, -0.05) is 0 Å². The van der Waals surface area contributed by atoms with Crippen LogP contribution in [-0.2, 0) is 0 Å². The maximum atomic E-state index is 4.15. The summed E-state index contributed by atoms with van der Waals surface area (Å²) in [5.74, 6) is 0.858. The van der Waals surface area contributed by atoms with E-state index in [-0.39, 0.29) is 0 Å². The second kappa shape index (κ2) is 4.63. The fourth-order valence-corrected chi connectivity index (χ4v) is 1.90. The van der Waals surface area contributed by atoms with E-state index in [1.807, 2.05) is 6.20 Å². The van der Waals surface area contributed by atoms with Gasteiger partial charge in [0.15, 0.2) is 5.95 Å². The molecular weight excluding hydrogens is 190 g/mol. The van der Waals surface area contributed by atoms with E-state index < -0.39 is 0 Å². The summed E-state index contributed by atoms with van der Waals surface area (Å²) in [6.07, 6.45) is 3.60. The highest BCUT2D eigenvalue weighted by molar-refractivity contribution is 5.23. The Hall–Kier alpha value is -1.07. The van der Waals surface area contributed by atoms with Gasteiger partial charge in [-0.15, -0.1) is 0 Å². The van der Waals surface area contributed by atoms with Crippen molar-refractivity contribution in [3.8, 4) is 0 Å². The predicted molar refractivity (Wildman–Crippen MR) is 61.0 cm³/mol. The van der Waals surface area contributed by atoms with Crippen LogP contribution in [0.4, 0.5) is 5.95 Å². The third kappa shape index (κ3) is 2.70. The Bertz CT molecular complexity index is 284. The van der Waals surface area contributed by atoms with E-state index in [1.54, 1.807) is 6.20 Å². The fraction of sp³-hybridized carbons (Fsp3) is 0.700. The normalized spacial score (nSPS) is 24.3. The molecule has 0 radical (unpaired) electrons. The topological polar surface area (TPSA) is 47.2 Å². The summed E-state index contributed by atoms with van der Waals surface area (Å²) < 4.78 is 0. The minimum absolute atomic E-state index is 0.564. The molecule has 5 heteroatoms. The van der Waals surface area contributed by atoms with Gasteiger partial charge >= 0.3 is 0 Å². The summed E-state index contributed by atoms with van der Waals surface area (Å²) in [6.45, 7) is 4.35. The molecule has 0 aromatic carbocycles. The van der Waals surface area contributed by atoms with Crippen molar-refractivity contribution in [1.82, 2.24) is 19.8 Å². The molecule has 5 nitrogen and oxygen atoms in total. The summed E-state index contributed by atoms with van der Waals surface area (Å²) in [5.41, 5.74) is 0. The molecule has 1 aliphatic heterocycles. The number of hydrogen-bond donors (Lipinski definition) is 2. The van der Waals surface area contributed by atoms with E-state index >= 15 is 0 Å². The first-order chi connectivity index (χ1) is 7.25. The van der Waals surface area contributed by atoms with Crippen LogP contribution in [0.2, 0.25) is 0 Å². The lowest BCUT2D eigenvalue weighted by molar-refractivity contribution is 0.121. The number of hydrogen-bond acceptors (Lipinski definition) is 4. The molecule has 15 heavy (non-hydrogen) atoms. The minimum atomic E-state index is 0.564. The first-order valence-electron chi connectivity index (χ1n) is 5.38. The van der Waals surface area contributed by atoms with Crippen LogP contribution < -0.4 is 5.32 Å². The van der Waals surface area contributed by atoms with Crippen LogP contribution in [0.25, 0.3) is 0 Å². The zero-order valence-corrected chi connectivity index (χ0v) is 9.40. The Kier molecular flexibility index (Phi) is 3.23. The SMILES string of the molecule is CN1CCN(C)C(CNc2ncc[nH]2)C1. The van der Waals surface area contributed by atoms with Gasteiger partial charge in [-0.05, 0) is 14.1 Å². The molecule has 0 saturated carbocycles. The Morgan fingerprint density at radius 1 is 1.53 bits per heavy atom. The molecule has 84 valence electrons. The molecule has 1 saturated heterocycles. The number of imidazole rings is 1. The van der Waals surface area contributed by atoms with Crippen molar-refractivity contribution >= 4 is 5.95 Å². The van der Waals surface area contributed by atoms with Crippen LogP contribution in [0.15, 0.2) is 12.4 Å². The van der Waals surface area contributed by atoms with Crippen LogP contribution >= 0.6 is 0 Å². The maximum Gasteiger partial charge on any atom is 0.200 e. The van der Waals surface area contributed by atoms with Gasteiger partial charge in [-0.2, -0.15) is 0 Å². The second-order valence-corrected chi connectivity index (χ2v) is 4.22. The van der Waals surface area contributed by atoms with E-state index in [0.717, 1.165) is 32.1 Å². The van der Waals surface area contributed by atoms with Crippen molar-refractivity contribution in [3.63, 3.8) is 0 Å². The molecule has 2 N–H and O–H groups in total. The number of piperazine rings is 1. The molecule has 1 atom stereocenters. The number of aromatic amines is 1. The minimum Gasteiger partial charge on any atom is -0.354 e. The lowest BCUT2D eigenvalue weighted by Gasteiger charge is -2.37. The molecule has 0 bridgehead atoms. The third-order valence-electron chi connectivity index (χ3n) is 2.98. The molecule has 1 unspecified atom stereocenters. The maximum absolute atomic E-state index is 4.15. The first kappa shape index (κ1) is 10.4. The van der Waals surface area contributed by atoms with Crippen LogP contribution in [0.3, 0.4) is 0 Å². The number of likely N-dealkylation sites (N-methyl/N-ethyl adjacent to an activating group) is 2. The highest BCUT2D eigenvalue weighted by Crippen LogP contribution is 2.06. The van der Waals surface area contributed by atoms with Crippen molar-refractivity contribution in [2.75, 3.05) is 45.6 Å². The molecule has 0 amide bonds. The van der Waals surface area contributed by atoms with Crippen LogP contribution in [-0.4, -0.2) is 66.1 Å². The molecule has 1 aromatic rings. The Morgan fingerprint density at radius 3 is 3.13 bits per heavy atom. The molecular formula is C10H19N5. The lowest BCUT2D eigenvalue weighted by Crippen LogP contribution is -2.52. The van der Waals surface area contributed by atoms with E-state index in [4.69, 9.17) is 0 Å². The monoisotopic (exact) mass is 209 g/mol. The number of anilines is 1. The van der Waals surface area contributed by atoms with Crippen molar-refractivity contribution in [3.05, 3.63) is 12.4 Å². The van der Waals surface area contributed by atoms with Gasteiger partial charge in [0.25, 0.3) is 0 Å². The van der Waals surface area contributed by atoms with Gasteiger partial charge in [0.1, 0.15) is 0 Å². The fourth-order valence-electron chi connectivity index (χ4n) is 1.90. The quantitative estimate of drug-likeness (QED) is 0.739. The van der Waals surface area contributed by atoms with Gasteiger partial charge in [0.05, 0.1) is 0 Å². The third-order valence-corrected chi connectivity index (χ3v) is 2.98. The summed E-state index contributed by atoms with van der Waals surface area (Å²) in [7, 11) is 4.36. The van der Waals surface area contributed by atoms with Crippen molar-refractivity contribution in [1.29, 1.82) is 0 Å². The van der Waals surface area contributed by atoms with Crippen molar-refractivity contribution in [2.45, 2.75) is 6.04 Å². The summed E-state index contributed by atoms with van der Waals surface area (Å²) >= 11 is 0. The standard InChI is InChI=1S/C10H19N5/c1-14-5-6-15(2)9(8-14)7-13-10-11-3-4-12-10/h3-4,9H,5-8H2,1-2H3,(H2,11,12,13). The van der Waals surface area contributed by atoms with E-state index in [2.05, 4.69) is 39.2 Å². The first-order valence-corrected chi connectivity index (χ1v) is 5.38. The highest BCUT2D eigenvalue weighted by atomic mass is 15.3. The summed E-state index contributed by atoms with van der Waals surface area (Å²) in [6, 6.07) is 0.564. The number of nitrogens with one attached hydrogen (secondary N) is 2. The Morgan fingerprint density at radius 2 is 2.40 bits per heavy atom. The van der Waals surface area contributed by atoms with Gasteiger partial charge in [0, 0.05) is 44.6 Å². The number of H-pyrrole nitrogens is 1. The molecule has 1 aromatic heterocycles. The predicted octanol–water partition coefficient (Wildman–Crippen LogP) is 0.0674. The van der Waals surface area contributed by atoms with Gasteiger partial charge < -0.3 is 15.2 Å². The Labute approximate surface area is 90.5 Å². The molecule has 1 fully saturated rings. The van der Waals surface area contributed by atoms with Gasteiger partial charge in [0.2, 0.25) is 0 Å². The summed E-state index contributed by atoms with van der Waals surface area (Å²) in [4.78, 5) is 12.0. The molecule has 2 heterocycles. The van der Waals surface area contributed by atoms with Crippen molar-refractivity contribution in [2.24, 2.45) is 0 Å². The van der Waals surface area contributed by atoms with Crippen LogP contribution in [0.5, 0.6) is 0 Å². The highest BCUT2D eigenvalue weighted by Gasteiger charge is 2.21. The number of nitrogens with zero attached hydrogens (tertiary/aromatic N) is 3. The Balaban J connectivity index is 1.82. The molecule has 2 rings (SSSR count). The molecule has 1 aliphatic rings. The van der Waals surface area contributed by atoms with Crippen LogP contribution in [0, 0.1) is 0 Å². The van der Waals surface area contributed by atoms with E-state index in [9.17, 15) is 0 Å². The lowest BCUT2D eigenvalue weighted by atomic mass is 10.2. The number of rotatable bonds is 3. The average molecular weight is 209 g/mol.